The number of nitrogens with one attached hydrogen (secondary N) is 1. The van der Waals surface area contributed by atoms with Crippen molar-refractivity contribution in [3.63, 3.8) is 0 Å². The minimum absolute atomic E-state index is 0.284. The van der Waals surface area contributed by atoms with Crippen LogP contribution in [0, 0.1) is 0 Å². The Kier molecular flexibility index (Phi) is 5.10. The van der Waals surface area contributed by atoms with E-state index in [-0.39, 0.29) is 6.03 Å². The van der Waals surface area contributed by atoms with Crippen LogP contribution in [-0.4, -0.2) is 52.6 Å². The van der Waals surface area contributed by atoms with Crippen LogP contribution in [0.5, 0.6) is 0 Å². The summed E-state index contributed by atoms with van der Waals surface area (Å²) in [5, 5.41) is 11.1. The first-order valence-corrected chi connectivity index (χ1v) is 7.12. The van der Waals surface area contributed by atoms with E-state index >= 15 is 0 Å². The van der Waals surface area contributed by atoms with Gasteiger partial charge in [0, 0.05) is 24.6 Å². The molecule has 0 aromatic carbocycles. The smallest absolute Gasteiger partial charge is 0.325 e. The van der Waals surface area contributed by atoms with Crippen molar-refractivity contribution in [1.29, 1.82) is 0 Å². The van der Waals surface area contributed by atoms with Crippen LogP contribution in [-0.2, 0) is 4.79 Å². The van der Waals surface area contributed by atoms with Gasteiger partial charge in [-0.25, -0.2) is 4.79 Å². The van der Waals surface area contributed by atoms with Crippen LogP contribution >= 0.6 is 21.6 Å². The van der Waals surface area contributed by atoms with Crippen molar-refractivity contribution in [1.82, 2.24) is 10.2 Å². The Morgan fingerprint density at radius 3 is 2.33 bits per heavy atom. The van der Waals surface area contributed by atoms with Gasteiger partial charge in [0.05, 0.1) is 0 Å². The summed E-state index contributed by atoms with van der Waals surface area (Å²) in [7, 11) is 3.48. The van der Waals surface area contributed by atoms with Gasteiger partial charge in [0.1, 0.15) is 6.04 Å². The Hall–Kier alpha value is -0.560. The SMILES string of the molecule is C[C@@H](NC(=O)N1CCSSCC1)C(=O)O. The molecule has 2 amide bonds. The molecule has 1 atom stereocenters. The van der Waals surface area contributed by atoms with Gasteiger partial charge in [-0.1, -0.05) is 21.6 Å². The van der Waals surface area contributed by atoms with E-state index < -0.39 is 12.0 Å². The first-order valence-electron chi connectivity index (χ1n) is 4.64. The van der Waals surface area contributed by atoms with E-state index in [0.29, 0.717) is 13.1 Å². The molecule has 86 valence electrons. The summed E-state index contributed by atoms with van der Waals surface area (Å²) in [6.07, 6.45) is 0. The van der Waals surface area contributed by atoms with E-state index in [0.717, 1.165) is 11.5 Å². The summed E-state index contributed by atoms with van der Waals surface area (Å²) in [6.45, 7) is 2.81. The first-order chi connectivity index (χ1) is 7.11. The highest BCUT2D eigenvalue weighted by Gasteiger charge is 2.20. The molecule has 0 bridgehead atoms. The molecule has 0 aromatic rings. The topological polar surface area (TPSA) is 69.6 Å². The molecule has 1 aliphatic heterocycles. The highest BCUT2D eigenvalue weighted by atomic mass is 33.1. The van der Waals surface area contributed by atoms with Crippen molar-refractivity contribution in [3.8, 4) is 0 Å². The molecule has 1 saturated heterocycles. The normalized spacial score (nSPS) is 19.1. The van der Waals surface area contributed by atoms with Crippen LogP contribution < -0.4 is 5.32 Å². The summed E-state index contributed by atoms with van der Waals surface area (Å²) in [5.74, 6) is 0.765. The zero-order valence-corrected chi connectivity index (χ0v) is 10.1. The zero-order valence-electron chi connectivity index (χ0n) is 8.43. The van der Waals surface area contributed by atoms with E-state index in [1.165, 1.54) is 6.92 Å². The predicted molar refractivity (Wildman–Crippen MR) is 62.1 cm³/mol. The summed E-state index contributed by atoms with van der Waals surface area (Å²) in [5.41, 5.74) is 0. The lowest BCUT2D eigenvalue weighted by atomic mass is 10.3. The van der Waals surface area contributed by atoms with E-state index in [1.54, 1.807) is 26.5 Å². The number of carboxylic acids is 1. The number of urea groups is 1. The van der Waals surface area contributed by atoms with Gasteiger partial charge in [-0.15, -0.1) is 0 Å². The van der Waals surface area contributed by atoms with Gasteiger partial charge in [-0.05, 0) is 6.92 Å². The molecule has 0 saturated carbocycles. The number of hydrogen-bond acceptors (Lipinski definition) is 4. The maximum Gasteiger partial charge on any atom is 0.325 e. The molecular weight excluding hydrogens is 236 g/mol. The highest BCUT2D eigenvalue weighted by Crippen LogP contribution is 2.23. The lowest BCUT2D eigenvalue weighted by molar-refractivity contribution is -0.138. The third-order valence-corrected chi connectivity index (χ3v) is 4.34. The molecule has 0 unspecified atom stereocenters. The number of carboxylic acid groups (broad SMARTS) is 1. The maximum atomic E-state index is 11.6. The second-order valence-electron chi connectivity index (χ2n) is 3.14. The molecule has 7 heteroatoms. The first kappa shape index (κ1) is 12.5. The quantitative estimate of drug-likeness (QED) is 0.712. The van der Waals surface area contributed by atoms with Crippen LogP contribution in [0.15, 0.2) is 0 Å². The number of hydrogen-bond donors (Lipinski definition) is 2. The van der Waals surface area contributed by atoms with E-state index in [1.807, 2.05) is 0 Å². The average molecular weight is 250 g/mol. The summed E-state index contributed by atoms with van der Waals surface area (Å²) < 4.78 is 0. The summed E-state index contributed by atoms with van der Waals surface area (Å²) >= 11 is 0. The minimum atomic E-state index is -1.01. The Morgan fingerprint density at radius 1 is 1.33 bits per heavy atom. The molecule has 1 fully saturated rings. The number of carbonyl (C=O) groups is 2. The lowest BCUT2D eigenvalue weighted by Crippen LogP contribution is -2.47. The third kappa shape index (κ3) is 4.21. The lowest BCUT2D eigenvalue weighted by Gasteiger charge is -2.21. The predicted octanol–water partition coefficient (Wildman–Crippen LogP) is 0.866. The monoisotopic (exact) mass is 250 g/mol. The highest BCUT2D eigenvalue weighted by molar-refractivity contribution is 8.76. The standard InChI is InChI=1S/C8H14N2O3S2/c1-6(7(11)12)9-8(13)10-2-4-14-15-5-3-10/h6H,2-5H2,1H3,(H,9,13)(H,11,12)/t6-/m1/s1. The van der Waals surface area contributed by atoms with Crippen molar-refractivity contribution in [2.45, 2.75) is 13.0 Å². The third-order valence-electron chi connectivity index (χ3n) is 1.97. The van der Waals surface area contributed by atoms with Gasteiger partial charge >= 0.3 is 12.0 Å². The molecule has 1 aliphatic rings. The molecule has 0 spiro atoms. The number of nitrogens with zero attached hydrogens (tertiary/aromatic N) is 1. The number of rotatable bonds is 2. The molecule has 0 aromatic heterocycles. The zero-order chi connectivity index (χ0) is 11.3. The Labute approximate surface area is 96.4 Å². The van der Waals surface area contributed by atoms with Crippen LogP contribution in [0.2, 0.25) is 0 Å². The molecule has 5 nitrogen and oxygen atoms in total. The maximum absolute atomic E-state index is 11.6. The van der Waals surface area contributed by atoms with E-state index in [9.17, 15) is 9.59 Å². The fraction of sp³-hybridized carbons (Fsp3) is 0.750. The Bertz CT molecular complexity index is 242. The van der Waals surface area contributed by atoms with E-state index in [4.69, 9.17) is 5.11 Å². The van der Waals surface area contributed by atoms with Crippen LogP contribution in [0.1, 0.15) is 6.92 Å². The van der Waals surface area contributed by atoms with E-state index in [2.05, 4.69) is 5.32 Å². The van der Waals surface area contributed by atoms with Crippen LogP contribution in [0.3, 0.4) is 0 Å². The fourth-order valence-corrected chi connectivity index (χ4v) is 3.05. The van der Waals surface area contributed by atoms with Gasteiger partial charge in [0.15, 0.2) is 0 Å². The molecule has 0 radical (unpaired) electrons. The van der Waals surface area contributed by atoms with Crippen molar-refractivity contribution < 1.29 is 14.7 Å². The van der Waals surface area contributed by atoms with Crippen molar-refractivity contribution in [3.05, 3.63) is 0 Å². The Morgan fingerprint density at radius 2 is 1.87 bits per heavy atom. The van der Waals surface area contributed by atoms with Crippen LogP contribution in [0.4, 0.5) is 4.79 Å². The molecule has 1 heterocycles. The van der Waals surface area contributed by atoms with Crippen molar-refractivity contribution in [2.75, 3.05) is 24.6 Å². The van der Waals surface area contributed by atoms with Gasteiger partial charge in [-0.2, -0.15) is 0 Å². The summed E-state index contributed by atoms with van der Waals surface area (Å²) in [6, 6.07) is -1.12. The number of carbonyl (C=O) groups excluding carboxylic acids is 1. The fourth-order valence-electron chi connectivity index (χ4n) is 1.07. The molecule has 2 N–H and O–H groups in total. The molecular formula is C8H14N2O3S2. The molecule has 1 rings (SSSR count). The Balaban J connectivity index is 2.41. The second-order valence-corrected chi connectivity index (χ2v) is 5.84. The van der Waals surface area contributed by atoms with Gasteiger partial charge in [0.25, 0.3) is 0 Å². The summed E-state index contributed by atoms with van der Waals surface area (Å²) in [4.78, 5) is 23.8. The minimum Gasteiger partial charge on any atom is -0.480 e. The van der Waals surface area contributed by atoms with Crippen molar-refractivity contribution >= 4 is 33.6 Å². The van der Waals surface area contributed by atoms with Crippen LogP contribution in [0.25, 0.3) is 0 Å². The molecule has 0 aliphatic carbocycles. The number of aliphatic carboxylic acids is 1. The number of amides is 2. The van der Waals surface area contributed by atoms with Gasteiger partial charge in [-0.3, -0.25) is 4.79 Å². The van der Waals surface area contributed by atoms with Gasteiger partial charge < -0.3 is 15.3 Å². The second kappa shape index (κ2) is 6.12. The van der Waals surface area contributed by atoms with Gasteiger partial charge in [0.2, 0.25) is 0 Å². The average Bonchev–Trinajstić information content (AvgIpc) is 2.45. The van der Waals surface area contributed by atoms with Crippen molar-refractivity contribution in [2.24, 2.45) is 0 Å². The largest absolute Gasteiger partial charge is 0.480 e. The molecule has 15 heavy (non-hydrogen) atoms.